The quantitative estimate of drug-likeness (QED) is 0.750. The Labute approximate surface area is 119 Å². The van der Waals surface area contributed by atoms with Crippen molar-refractivity contribution in [2.24, 2.45) is 5.73 Å². The van der Waals surface area contributed by atoms with Crippen LogP contribution in [0, 0.1) is 0 Å². The van der Waals surface area contributed by atoms with E-state index in [1.807, 2.05) is 0 Å². The molecule has 0 aliphatic carbocycles. The average molecular weight is 292 g/mol. The molecular formula is C13H10ClN3O3. The summed E-state index contributed by atoms with van der Waals surface area (Å²) in [7, 11) is 0. The van der Waals surface area contributed by atoms with Crippen molar-refractivity contribution >= 4 is 29.1 Å². The lowest BCUT2D eigenvalue weighted by Gasteiger charge is -2.07. The van der Waals surface area contributed by atoms with E-state index in [4.69, 9.17) is 17.3 Å². The van der Waals surface area contributed by atoms with Gasteiger partial charge in [-0.25, -0.2) is 0 Å². The van der Waals surface area contributed by atoms with Gasteiger partial charge in [0.1, 0.15) is 11.4 Å². The van der Waals surface area contributed by atoms with Gasteiger partial charge in [-0.1, -0.05) is 11.6 Å². The molecule has 2 rings (SSSR count). The van der Waals surface area contributed by atoms with Crippen LogP contribution < -0.4 is 11.1 Å². The van der Waals surface area contributed by atoms with Crippen LogP contribution in [0.1, 0.15) is 20.8 Å². The molecule has 0 saturated carbocycles. The first-order valence-electron chi connectivity index (χ1n) is 5.53. The largest absolute Gasteiger partial charge is 0.508 e. The van der Waals surface area contributed by atoms with Crippen molar-refractivity contribution in [3.63, 3.8) is 0 Å². The number of phenolic OH excluding ortho intramolecular Hbond substituents is 1. The Balaban J connectivity index is 2.17. The number of phenols is 1. The van der Waals surface area contributed by atoms with Gasteiger partial charge in [0, 0.05) is 12.3 Å². The van der Waals surface area contributed by atoms with Gasteiger partial charge in [0.15, 0.2) is 0 Å². The van der Waals surface area contributed by atoms with Gasteiger partial charge in [-0.2, -0.15) is 0 Å². The standard InChI is InChI=1S/C13H10ClN3O3/c14-9-5-8(18)2-4-10(9)17-13(20)7-1-3-11(12(15)19)16-6-7/h1-6,18H,(H2,15,19)(H,17,20). The maximum absolute atomic E-state index is 11.9. The lowest BCUT2D eigenvalue weighted by atomic mass is 10.2. The normalized spacial score (nSPS) is 10.1. The van der Waals surface area contributed by atoms with Crippen LogP contribution in [0.5, 0.6) is 5.75 Å². The molecule has 1 aromatic carbocycles. The average Bonchev–Trinajstić information content (AvgIpc) is 2.42. The van der Waals surface area contributed by atoms with Gasteiger partial charge >= 0.3 is 0 Å². The van der Waals surface area contributed by atoms with E-state index in [2.05, 4.69) is 10.3 Å². The minimum atomic E-state index is -0.668. The minimum Gasteiger partial charge on any atom is -0.508 e. The monoisotopic (exact) mass is 291 g/mol. The molecule has 1 aromatic heterocycles. The molecule has 20 heavy (non-hydrogen) atoms. The number of halogens is 1. The number of pyridine rings is 1. The highest BCUT2D eigenvalue weighted by Gasteiger charge is 2.10. The summed E-state index contributed by atoms with van der Waals surface area (Å²) in [4.78, 5) is 26.6. The zero-order chi connectivity index (χ0) is 14.7. The molecule has 2 aromatic rings. The number of nitrogens with one attached hydrogen (secondary N) is 1. The van der Waals surface area contributed by atoms with E-state index in [0.29, 0.717) is 5.69 Å². The highest BCUT2D eigenvalue weighted by atomic mass is 35.5. The second kappa shape index (κ2) is 5.58. The van der Waals surface area contributed by atoms with Gasteiger partial charge in [-0.15, -0.1) is 0 Å². The molecular weight excluding hydrogens is 282 g/mol. The summed E-state index contributed by atoms with van der Waals surface area (Å²) in [6, 6.07) is 6.97. The summed E-state index contributed by atoms with van der Waals surface area (Å²) in [5.41, 5.74) is 5.73. The molecule has 0 unspecified atom stereocenters. The van der Waals surface area contributed by atoms with E-state index in [0.717, 1.165) is 0 Å². The number of rotatable bonds is 3. The number of primary amides is 1. The van der Waals surface area contributed by atoms with Gasteiger partial charge in [-0.05, 0) is 24.3 Å². The zero-order valence-corrected chi connectivity index (χ0v) is 10.9. The lowest BCUT2D eigenvalue weighted by Crippen LogP contribution is -2.16. The van der Waals surface area contributed by atoms with Crippen LogP contribution in [0.15, 0.2) is 36.5 Å². The van der Waals surface area contributed by atoms with Gasteiger partial charge in [0.05, 0.1) is 16.3 Å². The topological polar surface area (TPSA) is 105 Å². The third-order valence-corrected chi connectivity index (χ3v) is 2.79. The molecule has 6 nitrogen and oxygen atoms in total. The number of carbonyl (C=O) groups is 2. The maximum Gasteiger partial charge on any atom is 0.267 e. The summed E-state index contributed by atoms with van der Waals surface area (Å²) < 4.78 is 0. The summed E-state index contributed by atoms with van der Waals surface area (Å²) in [5, 5.41) is 12.0. The molecule has 0 aliphatic heterocycles. The van der Waals surface area contributed by atoms with E-state index in [1.165, 1.54) is 36.5 Å². The Hall–Kier alpha value is -2.60. The summed E-state index contributed by atoms with van der Waals surface area (Å²) in [6.45, 7) is 0. The smallest absolute Gasteiger partial charge is 0.267 e. The van der Waals surface area contributed by atoms with Crippen LogP contribution in [0.2, 0.25) is 5.02 Å². The second-order valence-corrected chi connectivity index (χ2v) is 4.32. The van der Waals surface area contributed by atoms with Crippen molar-refractivity contribution < 1.29 is 14.7 Å². The van der Waals surface area contributed by atoms with Crippen molar-refractivity contribution in [1.29, 1.82) is 0 Å². The highest BCUT2D eigenvalue weighted by molar-refractivity contribution is 6.34. The fraction of sp³-hybridized carbons (Fsp3) is 0. The van der Waals surface area contributed by atoms with Crippen LogP contribution in [0.25, 0.3) is 0 Å². The van der Waals surface area contributed by atoms with Crippen molar-refractivity contribution in [1.82, 2.24) is 4.98 Å². The number of amides is 2. The number of benzene rings is 1. The van der Waals surface area contributed by atoms with E-state index < -0.39 is 11.8 Å². The Morgan fingerprint density at radius 3 is 2.55 bits per heavy atom. The number of carbonyl (C=O) groups excluding carboxylic acids is 2. The summed E-state index contributed by atoms with van der Waals surface area (Å²) in [6.07, 6.45) is 1.24. The van der Waals surface area contributed by atoms with Crippen molar-refractivity contribution in [3.8, 4) is 5.75 Å². The van der Waals surface area contributed by atoms with Crippen LogP contribution >= 0.6 is 11.6 Å². The first-order valence-corrected chi connectivity index (χ1v) is 5.91. The predicted octanol–water partition coefficient (Wildman–Crippen LogP) is 1.79. The van der Waals surface area contributed by atoms with E-state index in [9.17, 15) is 14.7 Å². The molecule has 7 heteroatoms. The van der Waals surface area contributed by atoms with Crippen molar-refractivity contribution in [2.45, 2.75) is 0 Å². The summed E-state index contributed by atoms with van der Waals surface area (Å²) in [5.74, 6) is -1.11. The molecule has 4 N–H and O–H groups in total. The van der Waals surface area contributed by atoms with Crippen molar-refractivity contribution in [2.75, 3.05) is 5.32 Å². The SMILES string of the molecule is NC(=O)c1ccc(C(=O)Nc2ccc(O)cc2Cl)cn1. The number of nitrogens with zero attached hydrogens (tertiary/aromatic N) is 1. The number of anilines is 1. The van der Waals surface area contributed by atoms with Gasteiger partial charge < -0.3 is 16.2 Å². The first-order chi connectivity index (χ1) is 9.47. The molecule has 0 fully saturated rings. The van der Waals surface area contributed by atoms with Crippen LogP contribution in [-0.4, -0.2) is 21.9 Å². The molecule has 0 radical (unpaired) electrons. The van der Waals surface area contributed by atoms with Gasteiger partial charge in [0.2, 0.25) is 0 Å². The Kier molecular flexibility index (Phi) is 3.86. The number of hydrogen-bond donors (Lipinski definition) is 3. The number of aromatic nitrogens is 1. The molecule has 1 heterocycles. The van der Waals surface area contributed by atoms with Gasteiger partial charge in [-0.3, -0.25) is 14.6 Å². The third kappa shape index (κ3) is 3.04. The molecule has 0 aliphatic rings. The molecule has 2 amide bonds. The Morgan fingerprint density at radius 1 is 1.25 bits per heavy atom. The highest BCUT2D eigenvalue weighted by Crippen LogP contribution is 2.26. The Morgan fingerprint density at radius 2 is 2.00 bits per heavy atom. The molecule has 0 atom stereocenters. The Bertz CT molecular complexity index is 671. The fourth-order valence-electron chi connectivity index (χ4n) is 1.47. The van der Waals surface area contributed by atoms with Gasteiger partial charge in [0.25, 0.3) is 11.8 Å². The first kappa shape index (κ1) is 13.8. The number of nitrogens with two attached hydrogens (primary N) is 1. The third-order valence-electron chi connectivity index (χ3n) is 2.48. The zero-order valence-electron chi connectivity index (χ0n) is 10.1. The maximum atomic E-state index is 11.9. The van der Waals surface area contributed by atoms with E-state index >= 15 is 0 Å². The molecule has 0 bridgehead atoms. The van der Waals surface area contributed by atoms with Crippen LogP contribution in [0.4, 0.5) is 5.69 Å². The molecule has 0 saturated heterocycles. The molecule has 0 spiro atoms. The van der Waals surface area contributed by atoms with Crippen LogP contribution in [0.3, 0.4) is 0 Å². The van der Waals surface area contributed by atoms with Crippen molar-refractivity contribution in [3.05, 3.63) is 52.8 Å². The summed E-state index contributed by atoms with van der Waals surface area (Å²) >= 11 is 5.88. The molecule has 102 valence electrons. The van der Waals surface area contributed by atoms with E-state index in [1.54, 1.807) is 0 Å². The predicted molar refractivity (Wildman–Crippen MR) is 73.8 cm³/mol. The minimum absolute atomic E-state index is 0.000441. The number of hydrogen-bond acceptors (Lipinski definition) is 4. The van der Waals surface area contributed by atoms with Crippen LogP contribution in [-0.2, 0) is 0 Å². The van der Waals surface area contributed by atoms with E-state index in [-0.39, 0.29) is 22.0 Å². The fourth-order valence-corrected chi connectivity index (χ4v) is 1.70. The second-order valence-electron chi connectivity index (χ2n) is 3.91. The lowest BCUT2D eigenvalue weighted by molar-refractivity contribution is 0.0990. The number of aromatic hydroxyl groups is 1.